The highest BCUT2D eigenvalue weighted by molar-refractivity contribution is 5.92. The standard InChI is InChI=1S/C17H19N3O5/c21-17(18-9-12-1-2-15-16(7-12)24-11-23-15)14-8-13(25-19-14)10-20-3-5-22-6-4-20/h1-2,7-8H,3-6,9-11H2,(H,18,21). The highest BCUT2D eigenvalue weighted by Crippen LogP contribution is 2.32. The number of nitrogens with zero attached hydrogens (tertiary/aromatic N) is 2. The summed E-state index contributed by atoms with van der Waals surface area (Å²) in [6, 6.07) is 7.26. The minimum absolute atomic E-state index is 0.232. The van der Waals surface area contributed by atoms with Crippen molar-refractivity contribution < 1.29 is 23.5 Å². The van der Waals surface area contributed by atoms with Crippen molar-refractivity contribution in [1.29, 1.82) is 0 Å². The minimum atomic E-state index is -0.269. The lowest BCUT2D eigenvalue weighted by Gasteiger charge is -2.25. The van der Waals surface area contributed by atoms with Crippen LogP contribution in [0.5, 0.6) is 11.5 Å². The molecule has 0 unspecified atom stereocenters. The van der Waals surface area contributed by atoms with E-state index in [1.165, 1.54) is 0 Å². The lowest BCUT2D eigenvalue weighted by atomic mass is 10.2. The molecule has 3 heterocycles. The number of amides is 1. The Balaban J connectivity index is 1.32. The summed E-state index contributed by atoms with van der Waals surface area (Å²) >= 11 is 0. The van der Waals surface area contributed by atoms with Crippen LogP contribution in [-0.4, -0.2) is 49.1 Å². The van der Waals surface area contributed by atoms with Gasteiger partial charge in [-0.1, -0.05) is 11.2 Å². The second-order valence-corrected chi connectivity index (χ2v) is 5.94. The van der Waals surface area contributed by atoms with Crippen LogP contribution in [0.2, 0.25) is 0 Å². The summed E-state index contributed by atoms with van der Waals surface area (Å²) in [6.45, 7) is 4.38. The highest BCUT2D eigenvalue weighted by atomic mass is 16.7. The largest absolute Gasteiger partial charge is 0.454 e. The summed E-state index contributed by atoms with van der Waals surface area (Å²) in [4.78, 5) is 14.4. The number of ether oxygens (including phenoxy) is 3. The van der Waals surface area contributed by atoms with Gasteiger partial charge in [-0.15, -0.1) is 0 Å². The average molecular weight is 345 g/mol. The second-order valence-electron chi connectivity index (χ2n) is 5.94. The average Bonchev–Trinajstić information content (AvgIpc) is 3.29. The molecular weight excluding hydrogens is 326 g/mol. The van der Waals surface area contributed by atoms with Crippen molar-refractivity contribution in [2.24, 2.45) is 0 Å². The predicted octanol–water partition coefficient (Wildman–Crippen LogP) is 1.17. The van der Waals surface area contributed by atoms with Gasteiger partial charge in [-0.05, 0) is 17.7 Å². The molecule has 0 atom stereocenters. The zero-order chi connectivity index (χ0) is 17.1. The number of rotatable bonds is 5. The maximum atomic E-state index is 12.2. The van der Waals surface area contributed by atoms with E-state index in [2.05, 4.69) is 15.4 Å². The van der Waals surface area contributed by atoms with Crippen LogP contribution in [0.1, 0.15) is 21.8 Å². The number of carbonyl (C=O) groups excluding carboxylic acids is 1. The Kier molecular flexibility index (Phi) is 4.53. The molecule has 0 aliphatic carbocycles. The Morgan fingerprint density at radius 2 is 2.00 bits per heavy atom. The van der Waals surface area contributed by atoms with Gasteiger partial charge in [0.1, 0.15) is 0 Å². The number of carbonyl (C=O) groups is 1. The molecule has 1 N–H and O–H groups in total. The highest BCUT2D eigenvalue weighted by Gasteiger charge is 2.17. The Hall–Kier alpha value is -2.58. The molecule has 1 saturated heterocycles. The molecule has 2 aromatic rings. The van der Waals surface area contributed by atoms with Gasteiger partial charge in [-0.25, -0.2) is 0 Å². The van der Waals surface area contributed by atoms with E-state index in [0.717, 1.165) is 37.6 Å². The summed E-state index contributed by atoms with van der Waals surface area (Å²) in [6.07, 6.45) is 0. The van der Waals surface area contributed by atoms with Crippen molar-refractivity contribution in [3.05, 3.63) is 41.3 Å². The fraction of sp³-hybridized carbons (Fsp3) is 0.412. The molecule has 1 fully saturated rings. The molecule has 132 valence electrons. The number of fused-ring (bicyclic) bond motifs is 1. The third-order valence-corrected chi connectivity index (χ3v) is 4.16. The van der Waals surface area contributed by atoms with Crippen LogP contribution in [0, 0.1) is 0 Å². The first-order chi connectivity index (χ1) is 12.3. The molecular formula is C17H19N3O5. The number of nitrogens with one attached hydrogen (secondary N) is 1. The van der Waals surface area contributed by atoms with Crippen LogP contribution in [0.4, 0.5) is 0 Å². The van der Waals surface area contributed by atoms with Crippen LogP contribution in [-0.2, 0) is 17.8 Å². The number of benzene rings is 1. The van der Waals surface area contributed by atoms with Gasteiger partial charge in [-0.3, -0.25) is 9.69 Å². The first kappa shape index (κ1) is 15.9. The third-order valence-electron chi connectivity index (χ3n) is 4.16. The van der Waals surface area contributed by atoms with Gasteiger partial charge in [0.25, 0.3) is 5.91 Å². The normalized spacial score (nSPS) is 16.8. The number of hydrogen-bond acceptors (Lipinski definition) is 7. The molecule has 0 spiro atoms. The summed E-state index contributed by atoms with van der Waals surface area (Å²) in [5.41, 5.74) is 1.21. The Labute approximate surface area is 144 Å². The van der Waals surface area contributed by atoms with Crippen LogP contribution in [0.25, 0.3) is 0 Å². The Morgan fingerprint density at radius 1 is 1.16 bits per heavy atom. The van der Waals surface area contributed by atoms with E-state index in [1.807, 2.05) is 18.2 Å². The second kappa shape index (κ2) is 7.12. The fourth-order valence-electron chi connectivity index (χ4n) is 2.80. The first-order valence-corrected chi connectivity index (χ1v) is 8.20. The first-order valence-electron chi connectivity index (χ1n) is 8.20. The zero-order valence-corrected chi connectivity index (χ0v) is 13.7. The van der Waals surface area contributed by atoms with Crippen LogP contribution < -0.4 is 14.8 Å². The van der Waals surface area contributed by atoms with Crippen molar-refractivity contribution in [2.75, 3.05) is 33.1 Å². The fourth-order valence-corrected chi connectivity index (χ4v) is 2.80. The van der Waals surface area contributed by atoms with Gasteiger partial charge in [-0.2, -0.15) is 0 Å². The van der Waals surface area contributed by atoms with Crippen molar-refractivity contribution in [1.82, 2.24) is 15.4 Å². The molecule has 0 bridgehead atoms. The van der Waals surface area contributed by atoms with Crippen LogP contribution >= 0.6 is 0 Å². The smallest absolute Gasteiger partial charge is 0.273 e. The SMILES string of the molecule is O=C(NCc1ccc2c(c1)OCO2)c1cc(CN2CCOCC2)on1. The molecule has 8 heteroatoms. The minimum Gasteiger partial charge on any atom is -0.454 e. The summed E-state index contributed by atoms with van der Waals surface area (Å²) in [5.74, 6) is 1.82. The molecule has 1 aromatic carbocycles. The third kappa shape index (κ3) is 3.75. The van der Waals surface area contributed by atoms with Crippen molar-refractivity contribution >= 4 is 5.91 Å². The molecule has 8 nitrogen and oxygen atoms in total. The van der Waals surface area contributed by atoms with Crippen molar-refractivity contribution in [3.63, 3.8) is 0 Å². The molecule has 4 rings (SSSR count). The van der Waals surface area contributed by atoms with Gasteiger partial charge >= 0.3 is 0 Å². The van der Waals surface area contributed by atoms with Gasteiger partial charge in [0.2, 0.25) is 6.79 Å². The van der Waals surface area contributed by atoms with Gasteiger partial charge < -0.3 is 24.1 Å². The van der Waals surface area contributed by atoms with Gasteiger partial charge in [0, 0.05) is 25.7 Å². The Bertz CT molecular complexity index is 754. The molecule has 1 aromatic heterocycles. The number of morpholine rings is 1. The molecule has 2 aliphatic rings. The van der Waals surface area contributed by atoms with Crippen LogP contribution in [0.3, 0.4) is 0 Å². The maximum absolute atomic E-state index is 12.2. The van der Waals surface area contributed by atoms with Gasteiger partial charge in [0.15, 0.2) is 23.0 Å². The summed E-state index contributed by atoms with van der Waals surface area (Å²) in [5, 5.41) is 6.69. The van der Waals surface area contributed by atoms with E-state index in [4.69, 9.17) is 18.7 Å². The lowest BCUT2D eigenvalue weighted by Crippen LogP contribution is -2.35. The molecule has 2 aliphatic heterocycles. The van der Waals surface area contributed by atoms with E-state index in [1.54, 1.807) is 6.07 Å². The number of hydrogen-bond donors (Lipinski definition) is 1. The molecule has 1 amide bonds. The molecule has 0 saturated carbocycles. The predicted molar refractivity (Wildman–Crippen MR) is 86.3 cm³/mol. The van der Waals surface area contributed by atoms with E-state index >= 15 is 0 Å². The van der Waals surface area contributed by atoms with E-state index in [-0.39, 0.29) is 18.4 Å². The monoisotopic (exact) mass is 345 g/mol. The Morgan fingerprint density at radius 3 is 2.88 bits per heavy atom. The molecule has 25 heavy (non-hydrogen) atoms. The maximum Gasteiger partial charge on any atom is 0.273 e. The summed E-state index contributed by atoms with van der Waals surface area (Å²) < 4.78 is 21.2. The van der Waals surface area contributed by atoms with E-state index in [9.17, 15) is 4.79 Å². The van der Waals surface area contributed by atoms with Crippen LogP contribution in [0.15, 0.2) is 28.8 Å². The lowest BCUT2D eigenvalue weighted by molar-refractivity contribution is 0.0305. The number of aromatic nitrogens is 1. The van der Waals surface area contributed by atoms with Crippen molar-refractivity contribution in [3.8, 4) is 11.5 Å². The molecule has 0 radical (unpaired) electrons. The zero-order valence-electron chi connectivity index (χ0n) is 13.7. The van der Waals surface area contributed by atoms with E-state index < -0.39 is 0 Å². The summed E-state index contributed by atoms with van der Waals surface area (Å²) in [7, 11) is 0. The quantitative estimate of drug-likeness (QED) is 0.870. The van der Waals surface area contributed by atoms with Gasteiger partial charge in [0.05, 0.1) is 19.8 Å². The van der Waals surface area contributed by atoms with Crippen molar-refractivity contribution in [2.45, 2.75) is 13.1 Å². The van der Waals surface area contributed by atoms with E-state index in [0.29, 0.717) is 24.6 Å². The topological polar surface area (TPSA) is 86.1 Å².